The van der Waals surface area contributed by atoms with Crippen LogP contribution in [0.25, 0.3) is 0 Å². The molecule has 1 aromatic carbocycles. The van der Waals surface area contributed by atoms with Gasteiger partial charge in [-0.1, -0.05) is 0 Å². The number of benzene rings is 1. The number of fused-ring (bicyclic) bond motifs is 1. The maximum Gasteiger partial charge on any atom is 0.125 e. The van der Waals surface area contributed by atoms with Gasteiger partial charge in [-0.3, -0.25) is 0 Å². The topological polar surface area (TPSA) is 30.5 Å². The van der Waals surface area contributed by atoms with Gasteiger partial charge in [-0.25, -0.2) is 0 Å². The molecule has 1 aromatic rings. The first-order valence-electron chi connectivity index (χ1n) is 6.64. The van der Waals surface area contributed by atoms with E-state index in [1.807, 2.05) is 0 Å². The number of rotatable bonds is 2. The SMILES string of the molecule is CONC1CC2(CCC2)Oc2cc(C)[c]c(C)c21. The third-order valence-electron chi connectivity index (χ3n) is 4.18. The molecule has 18 heavy (non-hydrogen) atoms. The van der Waals surface area contributed by atoms with E-state index in [4.69, 9.17) is 9.57 Å². The molecule has 0 bridgehead atoms. The molecule has 3 heteroatoms. The summed E-state index contributed by atoms with van der Waals surface area (Å²) >= 11 is 0. The van der Waals surface area contributed by atoms with Gasteiger partial charge < -0.3 is 9.57 Å². The number of hydroxylamine groups is 1. The van der Waals surface area contributed by atoms with Gasteiger partial charge >= 0.3 is 0 Å². The average Bonchev–Trinajstić information content (AvgIpc) is 2.25. The number of hydrogen-bond acceptors (Lipinski definition) is 3. The van der Waals surface area contributed by atoms with Crippen molar-refractivity contribution in [2.75, 3.05) is 7.11 Å². The summed E-state index contributed by atoms with van der Waals surface area (Å²) in [6.45, 7) is 4.16. The van der Waals surface area contributed by atoms with Gasteiger partial charge in [0.15, 0.2) is 0 Å². The van der Waals surface area contributed by atoms with E-state index in [9.17, 15) is 0 Å². The van der Waals surface area contributed by atoms with Crippen LogP contribution in [0.5, 0.6) is 5.75 Å². The standard InChI is InChI=1S/C15H20NO2/c1-10-7-11(2)14-12(16-17-3)9-15(5-4-6-15)18-13(14)8-10/h8,12,16H,4-6,9H2,1-3H3. The Kier molecular flexibility index (Phi) is 2.83. The lowest BCUT2D eigenvalue weighted by Crippen LogP contribution is -2.49. The predicted molar refractivity (Wildman–Crippen MR) is 69.5 cm³/mol. The Morgan fingerprint density at radius 2 is 2.22 bits per heavy atom. The number of nitrogens with one attached hydrogen (secondary N) is 1. The number of ether oxygens (including phenoxy) is 1. The Hall–Kier alpha value is -1.06. The van der Waals surface area contributed by atoms with Crippen LogP contribution in [0.2, 0.25) is 0 Å². The molecule has 1 spiro atoms. The second-order valence-electron chi connectivity index (χ2n) is 5.57. The molecule has 1 atom stereocenters. The van der Waals surface area contributed by atoms with E-state index in [0.29, 0.717) is 0 Å². The summed E-state index contributed by atoms with van der Waals surface area (Å²) in [4.78, 5) is 5.17. The first-order valence-corrected chi connectivity index (χ1v) is 6.64. The third-order valence-corrected chi connectivity index (χ3v) is 4.18. The van der Waals surface area contributed by atoms with Crippen molar-refractivity contribution in [3.8, 4) is 5.75 Å². The summed E-state index contributed by atoms with van der Waals surface area (Å²) in [5, 5.41) is 0. The first kappa shape index (κ1) is 12.0. The van der Waals surface area contributed by atoms with E-state index in [-0.39, 0.29) is 11.6 Å². The molecule has 1 fully saturated rings. The molecular formula is C15H20NO2. The van der Waals surface area contributed by atoms with E-state index in [1.165, 1.54) is 12.0 Å². The summed E-state index contributed by atoms with van der Waals surface area (Å²) in [6.07, 6.45) is 4.58. The zero-order valence-corrected chi connectivity index (χ0v) is 11.3. The van der Waals surface area contributed by atoms with E-state index in [1.54, 1.807) is 7.11 Å². The molecule has 0 amide bonds. The highest BCUT2D eigenvalue weighted by Crippen LogP contribution is 2.49. The fourth-order valence-electron chi connectivity index (χ4n) is 3.25. The Balaban J connectivity index is 2.03. The van der Waals surface area contributed by atoms with Crippen molar-refractivity contribution < 1.29 is 9.57 Å². The molecule has 1 radical (unpaired) electrons. The van der Waals surface area contributed by atoms with Gasteiger partial charge in [-0.2, -0.15) is 5.48 Å². The van der Waals surface area contributed by atoms with Gasteiger partial charge in [0.2, 0.25) is 0 Å². The summed E-state index contributed by atoms with van der Waals surface area (Å²) < 4.78 is 6.28. The van der Waals surface area contributed by atoms with Crippen molar-refractivity contribution in [2.24, 2.45) is 0 Å². The van der Waals surface area contributed by atoms with Gasteiger partial charge in [0.25, 0.3) is 0 Å². The summed E-state index contributed by atoms with van der Waals surface area (Å²) in [5.74, 6) is 1.02. The van der Waals surface area contributed by atoms with Crippen molar-refractivity contribution >= 4 is 0 Å². The summed E-state index contributed by atoms with van der Waals surface area (Å²) in [6, 6.07) is 5.70. The van der Waals surface area contributed by atoms with Crippen LogP contribution in [0.3, 0.4) is 0 Å². The van der Waals surface area contributed by atoms with Gasteiger partial charge in [0, 0.05) is 12.0 Å². The van der Waals surface area contributed by atoms with E-state index in [2.05, 4.69) is 31.5 Å². The van der Waals surface area contributed by atoms with Crippen LogP contribution in [-0.4, -0.2) is 12.7 Å². The molecule has 3 rings (SSSR count). The first-order chi connectivity index (χ1) is 8.63. The van der Waals surface area contributed by atoms with Crippen LogP contribution in [0, 0.1) is 19.9 Å². The molecule has 3 nitrogen and oxygen atoms in total. The highest BCUT2D eigenvalue weighted by molar-refractivity contribution is 5.46. The zero-order valence-electron chi connectivity index (χ0n) is 11.3. The van der Waals surface area contributed by atoms with E-state index >= 15 is 0 Å². The Bertz CT molecular complexity index is 466. The van der Waals surface area contributed by atoms with Crippen LogP contribution < -0.4 is 10.2 Å². The minimum atomic E-state index is 0.0451. The molecule has 0 aromatic heterocycles. The molecule has 1 N–H and O–H groups in total. The van der Waals surface area contributed by atoms with Crippen molar-refractivity contribution in [1.82, 2.24) is 5.48 Å². The van der Waals surface area contributed by atoms with Gasteiger partial charge in [-0.05, 0) is 56.4 Å². The molecule has 1 aliphatic heterocycles. The monoisotopic (exact) mass is 246 g/mol. The average molecular weight is 246 g/mol. The van der Waals surface area contributed by atoms with Crippen LogP contribution in [0.15, 0.2) is 6.07 Å². The van der Waals surface area contributed by atoms with Crippen molar-refractivity contribution in [3.05, 3.63) is 28.8 Å². The lowest BCUT2D eigenvalue weighted by atomic mass is 9.72. The second kappa shape index (κ2) is 4.25. The van der Waals surface area contributed by atoms with Gasteiger partial charge in [0.05, 0.1) is 13.2 Å². The van der Waals surface area contributed by atoms with Crippen LogP contribution in [-0.2, 0) is 4.84 Å². The molecule has 0 saturated heterocycles. The van der Waals surface area contributed by atoms with Gasteiger partial charge in [0.1, 0.15) is 11.4 Å². The molecule has 2 aliphatic rings. The highest BCUT2D eigenvalue weighted by atomic mass is 16.6. The van der Waals surface area contributed by atoms with Crippen LogP contribution >= 0.6 is 0 Å². The van der Waals surface area contributed by atoms with Crippen molar-refractivity contribution in [1.29, 1.82) is 0 Å². The minimum absolute atomic E-state index is 0.0451. The molecule has 1 unspecified atom stereocenters. The zero-order chi connectivity index (χ0) is 12.8. The third kappa shape index (κ3) is 1.82. The molecular weight excluding hydrogens is 226 g/mol. The van der Waals surface area contributed by atoms with Crippen molar-refractivity contribution in [3.63, 3.8) is 0 Å². The smallest absolute Gasteiger partial charge is 0.125 e. The Labute approximate surface area is 108 Å². The molecule has 1 saturated carbocycles. The quantitative estimate of drug-likeness (QED) is 0.814. The Morgan fingerprint density at radius 1 is 1.44 bits per heavy atom. The summed E-state index contributed by atoms with van der Waals surface area (Å²) in [5.41, 5.74) is 6.68. The maximum atomic E-state index is 6.28. The largest absolute Gasteiger partial charge is 0.487 e. The van der Waals surface area contributed by atoms with E-state index < -0.39 is 0 Å². The second-order valence-corrected chi connectivity index (χ2v) is 5.57. The molecule has 1 heterocycles. The molecule has 97 valence electrons. The van der Waals surface area contributed by atoms with Crippen LogP contribution in [0.4, 0.5) is 0 Å². The highest BCUT2D eigenvalue weighted by Gasteiger charge is 2.46. The molecule has 1 aliphatic carbocycles. The van der Waals surface area contributed by atoms with Crippen molar-refractivity contribution in [2.45, 2.75) is 51.2 Å². The van der Waals surface area contributed by atoms with Crippen LogP contribution in [0.1, 0.15) is 48.4 Å². The number of aryl methyl sites for hydroxylation is 2. The van der Waals surface area contributed by atoms with E-state index in [0.717, 1.165) is 36.1 Å². The minimum Gasteiger partial charge on any atom is -0.487 e. The normalized spacial score (nSPS) is 24.3. The lowest BCUT2D eigenvalue weighted by molar-refractivity contribution is -0.0600. The summed E-state index contributed by atoms with van der Waals surface area (Å²) in [7, 11) is 1.68. The fourth-order valence-corrected chi connectivity index (χ4v) is 3.25. The number of hydrogen-bond donors (Lipinski definition) is 1. The lowest BCUT2D eigenvalue weighted by Gasteiger charge is -2.48. The fraction of sp³-hybridized carbons (Fsp3) is 0.600. The van der Waals surface area contributed by atoms with Gasteiger partial charge in [-0.15, -0.1) is 0 Å². The maximum absolute atomic E-state index is 6.28. The Morgan fingerprint density at radius 3 is 2.83 bits per heavy atom. The predicted octanol–water partition coefficient (Wildman–Crippen LogP) is 3.00.